The Labute approximate surface area is 88.2 Å². The molecule has 3 heteroatoms. The van der Waals surface area contributed by atoms with Crippen LogP contribution in [-0.2, 0) is 9.47 Å². The SMILES string of the molecule is CCCC(C)(C)NCCOCCOC. The van der Waals surface area contributed by atoms with Gasteiger partial charge in [0.2, 0.25) is 0 Å². The van der Waals surface area contributed by atoms with Crippen LogP contribution in [0.15, 0.2) is 0 Å². The third kappa shape index (κ3) is 8.48. The van der Waals surface area contributed by atoms with Gasteiger partial charge >= 0.3 is 0 Å². The van der Waals surface area contributed by atoms with Crippen molar-refractivity contribution < 1.29 is 9.47 Å². The summed E-state index contributed by atoms with van der Waals surface area (Å²) in [6.07, 6.45) is 2.41. The van der Waals surface area contributed by atoms with Crippen LogP contribution in [0.25, 0.3) is 0 Å². The molecule has 0 unspecified atom stereocenters. The second kappa shape index (κ2) is 8.21. The molecule has 0 amide bonds. The van der Waals surface area contributed by atoms with Gasteiger partial charge in [0.1, 0.15) is 0 Å². The van der Waals surface area contributed by atoms with E-state index in [0.717, 1.165) is 13.2 Å². The summed E-state index contributed by atoms with van der Waals surface area (Å²) >= 11 is 0. The predicted molar refractivity (Wildman–Crippen MR) is 59.7 cm³/mol. The van der Waals surface area contributed by atoms with Gasteiger partial charge in [0.05, 0.1) is 19.8 Å². The van der Waals surface area contributed by atoms with Gasteiger partial charge in [0.25, 0.3) is 0 Å². The van der Waals surface area contributed by atoms with E-state index in [0.29, 0.717) is 13.2 Å². The van der Waals surface area contributed by atoms with Crippen LogP contribution in [0.2, 0.25) is 0 Å². The number of hydrogen-bond donors (Lipinski definition) is 1. The Morgan fingerprint density at radius 1 is 1.14 bits per heavy atom. The molecule has 0 saturated carbocycles. The van der Waals surface area contributed by atoms with Crippen LogP contribution < -0.4 is 5.32 Å². The lowest BCUT2D eigenvalue weighted by atomic mass is 9.99. The standard InChI is InChI=1S/C11H25NO2/c1-5-6-11(2,3)12-7-8-14-10-9-13-4/h12H,5-10H2,1-4H3. The van der Waals surface area contributed by atoms with Gasteiger partial charge in [0.15, 0.2) is 0 Å². The summed E-state index contributed by atoms with van der Waals surface area (Å²) in [4.78, 5) is 0. The van der Waals surface area contributed by atoms with Crippen LogP contribution in [0.3, 0.4) is 0 Å². The minimum absolute atomic E-state index is 0.235. The molecule has 0 atom stereocenters. The first-order valence-corrected chi connectivity index (χ1v) is 5.44. The van der Waals surface area contributed by atoms with E-state index in [2.05, 4.69) is 26.1 Å². The lowest BCUT2D eigenvalue weighted by Crippen LogP contribution is -2.41. The van der Waals surface area contributed by atoms with E-state index < -0.39 is 0 Å². The Bertz CT molecular complexity index is 126. The van der Waals surface area contributed by atoms with Crippen LogP contribution >= 0.6 is 0 Å². The van der Waals surface area contributed by atoms with Crippen LogP contribution in [0.4, 0.5) is 0 Å². The molecule has 0 radical (unpaired) electrons. The van der Waals surface area contributed by atoms with Crippen molar-refractivity contribution in [2.45, 2.75) is 39.2 Å². The van der Waals surface area contributed by atoms with Crippen molar-refractivity contribution in [2.75, 3.05) is 33.5 Å². The first-order chi connectivity index (χ1) is 6.62. The summed E-state index contributed by atoms with van der Waals surface area (Å²) in [5.41, 5.74) is 0.235. The van der Waals surface area contributed by atoms with E-state index in [1.165, 1.54) is 12.8 Å². The zero-order chi connectivity index (χ0) is 10.9. The molecular weight excluding hydrogens is 178 g/mol. The molecule has 3 nitrogen and oxygen atoms in total. The van der Waals surface area contributed by atoms with Crippen LogP contribution in [0.1, 0.15) is 33.6 Å². The Hall–Kier alpha value is -0.120. The second-order valence-corrected chi connectivity index (χ2v) is 4.17. The Morgan fingerprint density at radius 3 is 2.43 bits per heavy atom. The number of hydrogen-bond acceptors (Lipinski definition) is 3. The smallest absolute Gasteiger partial charge is 0.0700 e. The van der Waals surface area contributed by atoms with Gasteiger partial charge in [-0.3, -0.25) is 0 Å². The average molecular weight is 203 g/mol. The van der Waals surface area contributed by atoms with Crippen LogP contribution in [0.5, 0.6) is 0 Å². The molecule has 0 heterocycles. The minimum atomic E-state index is 0.235. The third-order valence-corrected chi connectivity index (χ3v) is 2.16. The maximum Gasteiger partial charge on any atom is 0.0700 e. The molecule has 0 fully saturated rings. The van der Waals surface area contributed by atoms with Crippen molar-refractivity contribution in [1.82, 2.24) is 5.32 Å². The first-order valence-electron chi connectivity index (χ1n) is 5.44. The van der Waals surface area contributed by atoms with E-state index in [4.69, 9.17) is 9.47 Å². The summed E-state index contributed by atoms with van der Waals surface area (Å²) in [7, 11) is 1.69. The summed E-state index contributed by atoms with van der Waals surface area (Å²) in [5, 5.41) is 3.47. The molecule has 0 aromatic heterocycles. The van der Waals surface area contributed by atoms with Gasteiger partial charge < -0.3 is 14.8 Å². The third-order valence-electron chi connectivity index (χ3n) is 2.16. The van der Waals surface area contributed by atoms with Gasteiger partial charge in [-0.1, -0.05) is 13.3 Å². The Morgan fingerprint density at radius 2 is 1.86 bits per heavy atom. The molecule has 86 valence electrons. The van der Waals surface area contributed by atoms with Crippen molar-refractivity contribution in [3.8, 4) is 0 Å². The molecule has 0 aliphatic carbocycles. The van der Waals surface area contributed by atoms with E-state index in [-0.39, 0.29) is 5.54 Å². The monoisotopic (exact) mass is 203 g/mol. The van der Waals surface area contributed by atoms with Gasteiger partial charge in [0, 0.05) is 19.2 Å². The highest BCUT2D eigenvalue weighted by atomic mass is 16.5. The van der Waals surface area contributed by atoms with E-state index in [1.54, 1.807) is 7.11 Å². The van der Waals surface area contributed by atoms with Crippen molar-refractivity contribution in [2.24, 2.45) is 0 Å². The molecule has 0 aliphatic rings. The Kier molecular flexibility index (Phi) is 8.14. The molecule has 0 aromatic rings. The molecule has 0 aromatic carbocycles. The van der Waals surface area contributed by atoms with Crippen LogP contribution in [0, 0.1) is 0 Å². The fourth-order valence-corrected chi connectivity index (χ4v) is 1.42. The molecular formula is C11H25NO2. The molecule has 14 heavy (non-hydrogen) atoms. The van der Waals surface area contributed by atoms with Crippen molar-refractivity contribution in [1.29, 1.82) is 0 Å². The number of rotatable bonds is 9. The maximum absolute atomic E-state index is 5.36. The maximum atomic E-state index is 5.36. The van der Waals surface area contributed by atoms with Crippen LogP contribution in [-0.4, -0.2) is 39.0 Å². The van der Waals surface area contributed by atoms with Gasteiger partial charge in [-0.05, 0) is 20.3 Å². The molecule has 0 bridgehead atoms. The highest BCUT2D eigenvalue weighted by molar-refractivity contribution is 4.75. The van der Waals surface area contributed by atoms with E-state index in [9.17, 15) is 0 Å². The van der Waals surface area contributed by atoms with Gasteiger partial charge in [-0.25, -0.2) is 0 Å². The fraction of sp³-hybridized carbons (Fsp3) is 1.00. The lowest BCUT2D eigenvalue weighted by molar-refractivity contribution is 0.0693. The van der Waals surface area contributed by atoms with Crippen molar-refractivity contribution in [3.63, 3.8) is 0 Å². The summed E-state index contributed by atoms with van der Waals surface area (Å²) in [5.74, 6) is 0. The summed E-state index contributed by atoms with van der Waals surface area (Å²) in [6, 6.07) is 0. The Balaban J connectivity index is 3.26. The topological polar surface area (TPSA) is 30.5 Å². The normalized spacial score (nSPS) is 12.0. The predicted octanol–water partition coefficient (Wildman–Crippen LogP) is 1.82. The lowest BCUT2D eigenvalue weighted by Gasteiger charge is -2.25. The van der Waals surface area contributed by atoms with E-state index in [1.807, 2.05) is 0 Å². The summed E-state index contributed by atoms with van der Waals surface area (Å²) in [6.45, 7) is 9.70. The molecule has 1 N–H and O–H groups in total. The molecule has 0 aliphatic heterocycles. The number of nitrogens with one attached hydrogen (secondary N) is 1. The summed E-state index contributed by atoms with van der Waals surface area (Å²) < 4.78 is 10.2. The zero-order valence-electron chi connectivity index (χ0n) is 10.1. The second-order valence-electron chi connectivity index (χ2n) is 4.17. The van der Waals surface area contributed by atoms with Gasteiger partial charge in [-0.2, -0.15) is 0 Å². The molecule has 0 saturated heterocycles. The van der Waals surface area contributed by atoms with Crippen molar-refractivity contribution in [3.05, 3.63) is 0 Å². The molecule has 0 rings (SSSR count). The number of methoxy groups -OCH3 is 1. The minimum Gasteiger partial charge on any atom is -0.382 e. The zero-order valence-corrected chi connectivity index (χ0v) is 10.1. The quantitative estimate of drug-likeness (QED) is 0.580. The fourth-order valence-electron chi connectivity index (χ4n) is 1.42. The van der Waals surface area contributed by atoms with Gasteiger partial charge in [-0.15, -0.1) is 0 Å². The highest BCUT2D eigenvalue weighted by Crippen LogP contribution is 2.09. The largest absolute Gasteiger partial charge is 0.382 e. The number of ether oxygens (including phenoxy) is 2. The average Bonchev–Trinajstić information content (AvgIpc) is 2.11. The molecule has 0 spiro atoms. The highest BCUT2D eigenvalue weighted by Gasteiger charge is 2.14. The van der Waals surface area contributed by atoms with E-state index >= 15 is 0 Å². The van der Waals surface area contributed by atoms with Crippen molar-refractivity contribution >= 4 is 0 Å². The first kappa shape index (κ1) is 13.9.